The zero-order chi connectivity index (χ0) is 14.0. The van der Waals surface area contributed by atoms with Gasteiger partial charge in [0, 0.05) is 12.6 Å². The molecule has 2 rings (SSSR count). The van der Waals surface area contributed by atoms with Crippen molar-refractivity contribution in [3.8, 4) is 0 Å². The number of H-pyrrole nitrogens is 1. The smallest absolute Gasteiger partial charge is 0.281 e. The molecule has 19 heavy (non-hydrogen) atoms. The molecule has 0 amide bonds. The molecule has 1 aromatic carbocycles. The number of benzene rings is 1. The quantitative estimate of drug-likeness (QED) is 0.817. The molecule has 2 aromatic rings. The third-order valence-electron chi connectivity index (χ3n) is 2.63. The minimum absolute atomic E-state index is 0.0356. The molecule has 0 radical (unpaired) electrons. The number of rotatable bonds is 4. The molecule has 0 spiro atoms. The summed E-state index contributed by atoms with van der Waals surface area (Å²) in [6, 6.07) is 8.04. The summed E-state index contributed by atoms with van der Waals surface area (Å²) in [6.07, 6.45) is 1.39. The first-order valence-electron chi connectivity index (χ1n) is 5.31. The van der Waals surface area contributed by atoms with E-state index in [4.69, 9.17) is 18.0 Å². The molecule has 0 bridgehead atoms. The Morgan fingerprint density at radius 1 is 1.32 bits per heavy atom. The van der Waals surface area contributed by atoms with Crippen molar-refractivity contribution < 1.29 is 8.42 Å². The lowest BCUT2D eigenvalue weighted by atomic mass is 10.2. The molecule has 3 N–H and O–H groups in total. The maximum Gasteiger partial charge on any atom is 0.281 e. The fourth-order valence-electron chi connectivity index (χ4n) is 1.51. The maximum atomic E-state index is 12.2. The monoisotopic (exact) mass is 296 g/mol. The molecular weight excluding hydrogens is 284 g/mol. The van der Waals surface area contributed by atoms with E-state index in [1.807, 2.05) is 0 Å². The fraction of sp³-hybridized carbons (Fsp3) is 0.0909. The number of sulfonamides is 1. The van der Waals surface area contributed by atoms with Crippen molar-refractivity contribution in [2.75, 3.05) is 11.4 Å². The molecule has 6 nitrogen and oxygen atoms in total. The maximum absolute atomic E-state index is 12.2. The van der Waals surface area contributed by atoms with Crippen LogP contribution in [0.1, 0.15) is 5.56 Å². The lowest BCUT2D eigenvalue weighted by Gasteiger charge is -2.18. The second-order valence-corrected chi connectivity index (χ2v) is 6.18. The molecule has 0 fully saturated rings. The predicted octanol–water partition coefficient (Wildman–Crippen LogP) is 0.869. The van der Waals surface area contributed by atoms with Gasteiger partial charge in [-0.3, -0.25) is 9.40 Å². The first kappa shape index (κ1) is 13.5. The van der Waals surface area contributed by atoms with E-state index in [2.05, 4.69) is 10.2 Å². The van der Waals surface area contributed by atoms with Crippen molar-refractivity contribution in [2.24, 2.45) is 5.73 Å². The van der Waals surface area contributed by atoms with E-state index in [9.17, 15) is 8.42 Å². The Hall–Kier alpha value is -1.93. The van der Waals surface area contributed by atoms with Crippen LogP contribution in [0.2, 0.25) is 0 Å². The van der Waals surface area contributed by atoms with E-state index in [1.165, 1.54) is 19.3 Å². The Morgan fingerprint density at radius 2 is 1.95 bits per heavy atom. The number of hydrogen-bond acceptors (Lipinski definition) is 4. The molecule has 0 aliphatic heterocycles. The van der Waals surface area contributed by atoms with Gasteiger partial charge in [0.25, 0.3) is 10.0 Å². The van der Waals surface area contributed by atoms with Crippen molar-refractivity contribution >= 4 is 32.9 Å². The van der Waals surface area contributed by atoms with Gasteiger partial charge in [-0.15, -0.1) is 0 Å². The second kappa shape index (κ2) is 4.98. The van der Waals surface area contributed by atoms with Crippen LogP contribution >= 0.6 is 12.2 Å². The van der Waals surface area contributed by atoms with E-state index >= 15 is 0 Å². The molecule has 0 saturated carbocycles. The summed E-state index contributed by atoms with van der Waals surface area (Å²) in [5, 5.41) is 6.11. The SMILES string of the molecule is CN(c1ccc(C(N)=S)cc1)S(=O)(=O)c1ccn[nH]1. The molecule has 0 atom stereocenters. The molecule has 100 valence electrons. The summed E-state index contributed by atoms with van der Waals surface area (Å²) in [4.78, 5) is 0.269. The topological polar surface area (TPSA) is 92.1 Å². The van der Waals surface area contributed by atoms with Gasteiger partial charge in [-0.2, -0.15) is 13.5 Å². The van der Waals surface area contributed by atoms with Crippen LogP contribution in [-0.4, -0.2) is 30.7 Å². The van der Waals surface area contributed by atoms with Crippen LogP contribution in [0.15, 0.2) is 41.6 Å². The molecule has 0 aliphatic carbocycles. The molecule has 1 heterocycles. The Morgan fingerprint density at radius 3 is 2.42 bits per heavy atom. The Kier molecular flexibility index (Phi) is 3.54. The molecule has 0 unspecified atom stereocenters. The first-order chi connectivity index (χ1) is 8.93. The summed E-state index contributed by atoms with van der Waals surface area (Å²) in [7, 11) is -2.17. The minimum atomic E-state index is -3.63. The van der Waals surface area contributed by atoms with Crippen molar-refractivity contribution in [1.82, 2.24) is 10.2 Å². The summed E-state index contributed by atoms with van der Waals surface area (Å²) in [6.45, 7) is 0. The van der Waals surface area contributed by atoms with E-state index in [0.29, 0.717) is 11.3 Å². The molecule has 1 aromatic heterocycles. The van der Waals surface area contributed by atoms with Gasteiger partial charge in [-0.25, -0.2) is 0 Å². The molecule has 0 aliphatic rings. The number of thiocarbonyl (C=S) groups is 1. The van der Waals surface area contributed by atoms with E-state index in [-0.39, 0.29) is 10.0 Å². The lowest BCUT2D eigenvalue weighted by Crippen LogP contribution is -2.27. The zero-order valence-electron chi connectivity index (χ0n) is 10.1. The van der Waals surface area contributed by atoms with Gasteiger partial charge in [0.15, 0.2) is 5.03 Å². The third-order valence-corrected chi connectivity index (χ3v) is 4.58. The summed E-state index contributed by atoms with van der Waals surface area (Å²) < 4.78 is 25.6. The summed E-state index contributed by atoms with van der Waals surface area (Å²) in [5.74, 6) is 0. The van der Waals surface area contributed by atoms with Crippen LogP contribution in [0.3, 0.4) is 0 Å². The van der Waals surface area contributed by atoms with Crippen molar-refractivity contribution in [3.05, 3.63) is 42.1 Å². The van der Waals surface area contributed by atoms with Crippen LogP contribution in [0.4, 0.5) is 5.69 Å². The van der Waals surface area contributed by atoms with Crippen LogP contribution in [0, 0.1) is 0 Å². The highest BCUT2D eigenvalue weighted by Crippen LogP contribution is 2.20. The number of hydrogen-bond donors (Lipinski definition) is 2. The van der Waals surface area contributed by atoms with Gasteiger partial charge in [-0.05, 0) is 30.3 Å². The van der Waals surface area contributed by atoms with Crippen molar-refractivity contribution in [2.45, 2.75) is 5.03 Å². The van der Waals surface area contributed by atoms with Gasteiger partial charge in [0.05, 0.1) is 11.9 Å². The third kappa shape index (κ3) is 2.59. The first-order valence-corrected chi connectivity index (χ1v) is 7.16. The number of nitrogens with zero attached hydrogens (tertiary/aromatic N) is 2. The molecular formula is C11H12N4O2S2. The highest BCUT2D eigenvalue weighted by molar-refractivity contribution is 7.92. The number of nitrogens with one attached hydrogen (secondary N) is 1. The van der Waals surface area contributed by atoms with E-state index < -0.39 is 10.0 Å². The average Bonchev–Trinajstić information content (AvgIpc) is 2.92. The number of aromatic nitrogens is 2. The highest BCUT2D eigenvalue weighted by Gasteiger charge is 2.22. The van der Waals surface area contributed by atoms with E-state index in [1.54, 1.807) is 24.3 Å². The molecule has 0 saturated heterocycles. The fourth-order valence-corrected chi connectivity index (χ4v) is 2.74. The number of aromatic amines is 1. The second-order valence-electron chi connectivity index (χ2n) is 3.80. The summed E-state index contributed by atoms with van der Waals surface area (Å²) in [5.41, 5.74) is 6.68. The Balaban J connectivity index is 2.34. The normalized spacial score (nSPS) is 11.2. The van der Waals surface area contributed by atoms with Gasteiger partial charge in [0.2, 0.25) is 0 Å². The number of anilines is 1. The highest BCUT2D eigenvalue weighted by atomic mass is 32.2. The lowest BCUT2D eigenvalue weighted by molar-refractivity contribution is 0.590. The van der Waals surface area contributed by atoms with Gasteiger partial charge in [0.1, 0.15) is 4.99 Å². The number of nitrogens with two attached hydrogens (primary N) is 1. The van der Waals surface area contributed by atoms with Crippen LogP contribution in [-0.2, 0) is 10.0 Å². The van der Waals surface area contributed by atoms with Crippen LogP contribution in [0.25, 0.3) is 0 Å². The van der Waals surface area contributed by atoms with Gasteiger partial charge < -0.3 is 5.73 Å². The minimum Gasteiger partial charge on any atom is -0.389 e. The summed E-state index contributed by atoms with van der Waals surface area (Å²) >= 11 is 4.84. The predicted molar refractivity (Wildman–Crippen MR) is 76.5 cm³/mol. The van der Waals surface area contributed by atoms with Crippen LogP contribution in [0.5, 0.6) is 0 Å². The largest absolute Gasteiger partial charge is 0.389 e. The van der Waals surface area contributed by atoms with Crippen LogP contribution < -0.4 is 10.0 Å². The van der Waals surface area contributed by atoms with E-state index in [0.717, 1.165) is 4.31 Å². The Bertz CT molecular complexity index is 678. The average molecular weight is 296 g/mol. The zero-order valence-corrected chi connectivity index (χ0v) is 11.7. The van der Waals surface area contributed by atoms with Gasteiger partial charge in [-0.1, -0.05) is 12.2 Å². The standard InChI is InChI=1S/C11H12N4O2S2/c1-15(19(16,17)10-6-7-13-14-10)9-4-2-8(3-5-9)11(12)18/h2-7H,1H3,(H2,12,18)(H,13,14). The Labute approximate surface area is 116 Å². The molecule has 8 heteroatoms. The van der Waals surface area contributed by atoms with Crippen molar-refractivity contribution in [1.29, 1.82) is 0 Å². The van der Waals surface area contributed by atoms with Gasteiger partial charge >= 0.3 is 0 Å². The van der Waals surface area contributed by atoms with Crippen molar-refractivity contribution in [3.63, 3.8) is 0 Å².